The number of halogens is 1. The molecule has 0 saturated heterocycles. The van der Waals surface area contributed by atoms with Gasteiger partial charge in [-0.3, -0.25) is 4.79 Å². The van der Waals surface area contributed by atoms with Crippen molar-refractivity contribution in [3.05, 3.63) is 0 Å². The van der Waals surface area contributed by atoms with Crippen LogP contribution >= 0.6 is 0 Å². The highest BCUT2D eigenvalue weighted by atomic mass is 35.5. The van der Waals surface area contributed by atoms with E-state index in [0.717, 1.165) is 0 Å². The number of amides is 2. The minimum absolute atomic E-state index is 0. The molecule has 0 aliphatic heterocycles. The van der Waals surface area contributed by atoms with Gasteiger partial charge in [0.05, 0.1) is 40.2 Å². The SMILES string of the molecule is C[N+](C)(C)C[C@H](CC(=O)O)NC(N)=O.[Cl-]. The van der Waals surface area contributed by atoms with Crippen molar-refractivity contribution in [3.8, 4) is 0 Å². The lowest BCUT2D eigenvalue weighted by atomic mass is 10.2. The molecule has 0 heterocycles. The van der Waals surface area contributed by atoms with Crippen LogP contribution in [0.2, 0.25) is 0 Å². The Morgan fingerprint density at radius 1 is 1.40 bits per heavy atom. The van der Waals surface area contributed by atoms with Crippen LogP contribution in [0.4, 0.5) is 4.79 Å². The number of quaternary nitrogens is 1. The Hall–Kier alpha value is -1.01. The second kappa shape index (κ2) is 6.47. The van der Waals surface area contributed by atoms with Crippen molar-refractivity contribution in [2.75, 3.05) is 27.7 Å². The number of nitrogens with two attached hydrogens (primary N) is 1. The number of aliphatic carboxylic acids is 1. The van der Waals surface area contributed by atoms with E-state index in [1.165, 1.54) is 0 Å². The van der Waals surface area contributed by atoms with Crippen LogP contribution < -0.4 is 23.5 Å². The van der Waals surface area contributed by atoms with Gasteiger partial charge >= 0.3 is 12.0 Å². The van der Waals surface area contributed by atoms with Crippen LogP contribution in [0.1, 0.15) is 6.42 Å². The third-order valence-electron chi connectivity index (χ3n) is 1.54. The van der Waals surface area contributed by atoms with E-state index in [1.54, 1.807) is 0 Å². The van der Waals surface area contributed by atoms with Crippen LogP contribution in [-0.4, -0.2) is 55.3 Å². The van der Waals surface area contributed by atoms with Crippen molar-refractivity contribution >= 4 is 12.0 Å². The fourth-order valence-electron chi connectivity index (χ4n) is 1.23. The molecule has 0 aliphatic rings. The second-order valence-electron chi connectivity index (χ2n) is 4.28. The molecule has 7 heteroatoms. The third kappa shape index (κ3) is 10.9. The molecule has 0 aromatic carbocycles. The van der Waals surface area contributed by atoms with Gasteiger partial charge < -0.3 is 33.0 Å². The van der Waals surface area contributed by atoms with Crippen molar-refractivity contribution in [2.45, 2.75) is 12.5 Å². The molecule has 0 aromatic rings. The number of hydrogen-bond donors (Lipinski definition) is 3. The Kier molecular flexibility index (Phi) is 7.08. The third-order valence-corrected chi connectivity index (χ3v) is 1.54. The summed E-state index contributed by atoms with van der Waals surface area (Å²) in [4.78, 5) is 21.1. The van der Waals surface area contributed by atoms with E-state index in [2.05, 4.69) is 5.32 Å². The summed E-state index contributed by atoms with van der Waals surface area (Å²) < 4.78 is 0.568. The maximum absolute atomic E-state index is 10.6. The first kappa shape index (κ1) is 16.4. The second-order valence-corrected chi connectivity index (χ2v) is 4.28. The average Bonchev–Trinajstić information content (AvgIpc) is 1.77. The van der Waals surface area contributed by atoms with E-state index in [-0.39, 0.29) is 18.8 Å². The lowest BCUT2D eigenvalue weighted by molar-refractivity contribution is -0.871. The first-order valence-corrected chi connectivity index (χ1v) is 4.29. The van der Waals surface area contributed by atoms with Crippen molar-refractivity contribution in [1.29, 1.82) is 0 Å². The molecule has 0 spiro atoms. The van der Waals surface area contributed by atoms with Crippen LogP contribution in [0.25, 0.3) is 0 Å². The average molecular weight is 240 g/mol. The minimum atomic E-state index is -0.947. The van der Waals surface area contributed by atoms with Crippen molar-refractivity contribution in [3.63, 3.8) is 0 Å². The number of carbonyl (C=O) groups is 2. The fourth-order valence-corrected chi connectivity index (χ4v) is 1.23. The molecule has 0 bridgehead atoms. The van der Waals surface area contributed by atoms with Crippen LogP contribution in [0.3, 0.4) is 0 Å². The molecule has 1 atom stereocenters. The molecule has 0 aliphatic carbocycles. The van der Waals surface area contributed by atoms with Gasteiger partial charge in [0, 0.05) is 0 Å². The Labute approximate surface area is 95.4 Å². The van der Waals surface area contributed by atoms with Gasteiger partial charge in [0.1, 0.15) is 0 Å². The number of carboxylic acids is 1. The van der Waals surface area contributed by atoms with Gasteiger partial charge in [-0.25, -0.2) is 4.79 Å². The maximum Gasteiger partial charge on any atom is 0.312 e. The van der Waals surface area contributed by atoms with Crippen LogP contribution in [0.5, 0.6) is 0 Å². The number of urea groups is 1. The van der Waals surface area contributed by atoms with Crippen molar-refractivity contribution in [1.82, 2.24) is 5.32 Å². The van der Waals surface area contributed by atoms with E-state index in [9.17, 15) is 9.59 Å². The molecular formula is C8H18ClN3O3. The molecule has 2 amide bonds. The summed E-state index contributed by atoms with van der Waals surface area (Å²) in [6.07, 6.45) is -0.113. The highest BCUT2D eigenvalue weighted by molar-refractivity contribution is 5.74. The monoisotopic (exact) mass is 239 g/mol. The molecular weight excluding hydrogens is 222 g/mol. The maximum atomic E-state index is 10.6. The molecule has 0 radical (unpaired) electrons. The topological polar surface area (TPSA) is 92.4 Å². The molecule has 6 nitrogen and oxygen atoms in total. The predicted octanol–water partition coefficient (Wildman–Crippen LogP) is -3.79. The van der Waals surface area contributed by atoms with Crippen LogP contribution in [0.15, 0.2) is 0 Å². The Bertz CT molecular complexity index is 212. The van der Waals surface area contributed by atoms with E-state index in [1.807, 2.05) is 21.1 Å². The normalized spacial score (nSPS) is 12.5. The number of carboxylic acid groups (broad SMARTS) is 1. The number of carbonyl (C=O) groups excluding carboxylic acids is 1. The van der Waals surface area contributed by atoms with E-state index >= 15 is 0 Å². The molecule has 0 saturated carbocycles. The van der Waals surface area contributed by atoms with Crippen molar-refractivity contribution in [2.24, 2.45) is 5.73 Å². The van der Waals surface area contributed by atoms with E-state index in [0.29, 0.717) is 11.0 Å². The van der Waals surface area contributed by atoms with Gasteiger partial charge in [0.25, 0.3) is 0 Å². The largest absolute Gasteiger partial charge is 1.00 e. The first-order chi connectivity index (χ1) is 6.20. The molecule has 90 valence electrons. The zero-order chi connectivity index (χ0) is 11.4. The Balaban J connectivity index is 0. The summed E-state index contributed by atoms with van der Waals surface area (Å²) in [5.74, 6) is -0.947. The molecule has 0 rings (SSSR count). The van der Waals surface area contributed by atoms with Crippen LogP contribution in [-0.2, 0) is 4.79 Å². The summed E-state index contributed by atoms with van der Waals surface area (Å²) in [6, 6.07) is -1.12. The number of nitrogens with zero attached hydrogens (tertiary/aromatic N) is 1. The molecule has 0 unspecified atom stereocenters. The highest BCUT2D eigenvalue weighted by Gasteiger charge is 2.21. The summed E-state index contributed by atoms with van der Waals surface area (Å²) in [7, 11) is 5.74. The van der Waals surface area contributed by atoms with Gasteiger partial charge in [-0.15, -0.1) is 0 Å². The molecule has 0 aromatic heterocycles. The van der Waals surface area contributed by atoms with Gasteiger partial charge in [-0.1, -0.05) is 0 Å². The van der Waals surface area contributed by atoms with Gasteiger partial charge in [0.2, 0.25) is 0 Å². The van der Waals surface area contributed by atoms with Crippen molar-refractivity contribution < 1.29 is 31.6 Å². The number of primary amides is 1. The zero-order valence-electron chi connectivity index (χ0n) is 9.16. The first-order valence-electron chi connectivity index (χ1n) is 4.29. The summed E-state index contributed by atoms with van der Waals surface area (Å²) in [6.45, 7) is 0.523. The van der Waals surface area contributed by atoms with Gasteiger partial charge in [0.15, 0.2) is 0 Å². The summed E-state index contributed by atoms with van der Waals surface area (Å²) in [5.41, 5.74) is 4.94. The number of likely N-dealkylation sites (N-methyl/N-ethyl adjacent to an activating group) is 1. The van der Waals surface area contributed by atoms with Gasteiger partial charge in [-0.2, -0.15) is 0 Å². The van der Waals surface area contributed by atoms with E-state index < -0.39 is 18.0 Å². The lowest BCUT2D eigenvalue weighted by Gasteiger charge is -2.28. The highest BCUT2D eigenvalue weighted by Crippen LogP contribution is 1.99. The van der Waals surface area contributed by atoms with E-state index in [4.69, 9.17) is 10.8 Å². The van der Waals surface area contributed by atoms with Gasteiger partial charge in [-0.05, 0) is 0 Å². The molecule has 15 heavy (non-hydrogen) atoms. The number of rotatable bonds is 5. The number of hydrogen-bond acceptors (Lipinski definition) is 2. The Morgan fingerprint density at radius 2 is 1.87 bits per heavy atom. The fraction of sp³-hybridized carbons (Fsp3) is 0.750. The summed E-state index contributed by atoms with van der Waals surface area (Å²) >= 11 is 0. The number of nitrogens with one attached hydrogen (secondary N) is 1. The predicted molar refractivity (Wildman–Crippen MR) is 51.7 cm³/mol. The zero-order valence-corrected chi connectivity index (χ0v) is 9.91. The lowest BCUT2D eigenvalue weighted by Crippen LogP contribution is -3.00. The van der Waals surface area contributed by atoms with Crippen LogP contribution in [0, 0.1) is 0 Å². The molecule has 4 N–H and O–H groups in total. The quantitative estimate of drug-likeness (QED) is 0.430. The molecule has 0 fully saturated rings. The summed E-state index contributed by atoms with van der Waals surface area (Å²) in [5, 5.41) is 11.0. The standard InChI is InChI=1S/C8H17N3O3.ClH/c1-11(2,3)5-6(4-7(12)13)10-8(9)14;/h6H,4-5H2,1-3H3,(H3-,9,10,12,13,14);1H/t6-;/m0./s1. The Morgan fingerprint density at radius 3 is 2.13 bits per heavy atom. The smallest absolute Gasteiger partial charge is 0.312 e. The minimum Gasteiger partial charge on any atom is -1.00 e.